The Hall–Kier alpha value is -1.34. The maximum absolute atomic E-state index is 12.7. The lowest BCUT2D eigenvalue weighted by molar-refractivity contribution is -0.104. The Morgan fingerprint density at radius 2 is 1.95 bits per heavy atom. The zero-order valence-electron chi connectivity index (χ0n) is 12.9. The van der Waals surface area contributed by atoms with Gasteiger partial charge in [0.05, 0.1) is 35.8 Å². The van der Waals surface area contributed by atoms with E-state index in [-0.39, 0.29) is 17.4 Å². The van der Waals surface area contributed by atoms with Crippen molar-refractivity contribution >= 4 is 15.7 Å². The molecule has 6 nitrogen and oxygen atoms in total. The highest BCUT2D eigenvalue weighted by molar-refractivity contribution is 7.91. The molecule has 122 valence electrons. The molecule has 0 saturated carbocycles. The third-order valence-corrected chi connectivity index (χ3v) is 6.20. The lowest BCUT2D eigenvalue weighted by Gasteiger charge is -2.44. The average Bonchev–Trinajstić information content (AvgIpc) is 2.81. The smallest absolute Gasteiger partial charge is 0.257 e. The lowest BCUT2D eigenvalue weighted by atomic mass is 9.94. The van der Waals surface area contributed by atoms with E-state index in [0.29, 0.717) is 49.6 Å². The number of carbonyl (C=O) groups is 1. The third kappa shape index (κ3) is 2.92. The Balaban J connectivity index is 1.76. The molecule has 0 bridgehead atoms. The van der Waals surface area contributed by atoms with Gasteiger partial charge in [0.15, 0.2) is 9.84 Å². The maximum Gasteiger partial charge on any atom is 0.257 e. The largest absolute Gasteiger partial charge is 0.466 e. The molecule has 1 aromatic rings. The standard InChI is InChI=1S/C15H21NO5S/c1-11-9-13(12(2)21-11)14(17)16-5-6-20-15(10-16)3-7-22(18,19)8-4-15/h9H,3-8,10H2,1-2H3. The molecule has 2 aliphatic rings. The van der Waals surface area contributed by atoms with Gasteiger partial charge in [0, 0.05) is 6.54 Å². The fourth-order valence-electron chi connectivity index (χ4n) is 3.24. The quantitative estimate of drug-likeness (QED) is 0.777. The second-order valence-electron chi connectivity index (χ2n) is 6.24. The Bertz CT molecular complexity index is 677. The van der Waals surface area contributed by atoms with Gasteiger partial charge in [-0.1, -0.05) is 0 Å². The summed E-state index contributed by atoms with van der Waals surface area (Å²) in [5, 5.41) is 0. The van der Waals surface area contributed by atoms with Crippen LogP contribution in [0.15, 0.2) is 10.5 Å². The van der Waals surface area contributed by atoms with Gasteiger partial charge < -0.3 is 14.1 Å². The van der Waals surface area contributed by atoms with Gasteiger partial charge in [-0.25, -0.2) is 8.42 Å². The Morgan fingerprint density at radius 3 is 2.55 bits per heavy atom. The number of aryl methyl sites for hydroxylation is 2. The van der Waals surface area contributed by atoms with Crippen LogP contribution in [0.2, 0.25) is 0 Å². The van der Waals surface area contributed by atoms with E-state index in [2.05, 4.69) is 0 Å². The summed E-state index contributed by atoms with van der Waals surface area (Å²) in [7, 11) is -2.95. The first-order valence-corrected chi connectivity index (χ1v) is 9.33. The molecule has 7 heteroatoms. The number of carbonyl (C=O) groups excluding carboxylic acids is 1. The summed E-state index contributed by atoms with van der Waals surface area (Å²) < 4.78 is 34.5. The van der Waals surface area contributed by atoms with Crippen molar-refractivity contribution in [3.8, 4) is 0 Å². The number of amides is 1. The summed E-state index contributed by atoms with van der Waals surface area (Å²) in [6.45, 7) is 5.02. The number of rotatable bonds is 1. The normalized spacial score (nSPS) is 23.6. The highest BCUT2D eigenvalue weighted by atomic mass is 32.2. The summed E-state index contributed by atoms with van der Waals surface area (Å²) in [6.07, 6.45) is 0.922. The molecule has 1 amide bonds. The zero-order chi connectivity index (χ0) is 16.0. The molecule has 2 saturated heterocycles. The van der Waals surface area contributed by atoms with Crippen LogP contribution in [0.3, 0.4) is 0 Å². The van der Waals surface area contributed by atoms with Crippen molar-refractivity contribution in [1.29, 1.82) is 0 Å². The van der Waals surface area contributed by atoms with Gasteiger partial charge in [0.2, 0.25) is 0 Å². The number of ether oxygens (including phenoxy) is 1. The number of hydrogen-bond donors (Lipinski definition) is 0. The molecule has 1 spiro atoms. The van der Waals surface area contributed by atoms with Crippen LogP contribution < -0.4 is 0 Å². The van der Waals surface area contributed by atoms with Gasteiger partial charge in [0.1, 0.15) is 11.5 Å². The Morgan fingerprint density at radius 1 is 1.27 bits per heavy atom. The van der Waals surface area contributed by atoms with Gasteiger partial charge >= 0.3 is 0 Å². The predicted octanol–water partition coefficient (Wildman–Crippen LogP) is 1.32. The summed E-state index contributed by atoms with van der Waals surface area (Å²) in [6, 6.07) is 1.76. The van der Waals surface area contributed by atoms with Crippen LogP contribution in [0, 0.1) is 13.8 Å². The van der Waals surface area contributed by atoms with Crippen molar-refractivity contribution in [1.82, 2.24) is 4.90 Å². The highest BCUT2D eigenvalue weighted by Crippen LogP contribution is 2.32. The van der Waals surface area contributed by atoms with Crippen LogP contribution in [0.5, 0.6) is 0 Å². The number of morpholine rings is 1. The number of furan rings is 1. The second-order valence-corrected chi connectivity index (χ2v) is 8.54. The minimum absolute atomic E-state index is 0.0644. The summed E-state index contributed by atoms with van der Waals surface area (Å²) in [5.74, 6) is 1.55. The van der Waals surface area contributed by atoms with Gasteiger partial charge in [0.25, 0.3) is 5.91 Å². The van der Waals surface area contributed by atoms with E-state index in [0.717, 1.165) is 0 Å². The molecule has 3 rings (SSSR count). The predicted molar refractivity (Wildman–Crippen MR) is 80.7 cm³/mol. The molecule has 2 aliphatic heterocycles. The van der Waals surface area contributed by atoms with E-state index < -0.39 is 15.4 Å². The van der Waals surface area contributed by atoms with Crippen molar-refractivity contribution in [2.45, 2.75) is 32.3 Å². The Labute approximate surface area is 130 Å². The van der Waals surface area contributed by atoms with Crippen molar-refractivity contribution < 1.29 is 22.4 Å². The summed E-state index contributed by atoms with van der Waals surface area (Å²) in [5.41, 5.74) is 0.0734. The monoisotopic (exact) mass is 327 g/mol. The number of nitrogens with zero attached hydrogens (tertiary/aromatic N) is 1. The molecule has 0 unspecified atom stereocenters. The third-order valence-electron chi connectivity index (χ3n) is 4.54. The van der Waals surface area contributed by atoms with E-state index in [1.165, 1.54) is 0 Å². The first-order chi connectivity index (χ1) is 10.3. The molecule has 0 N–H and O–H groups in total. The molecule has 22 heavy (non-hydrogen) atoms. The fourth-order valence-corrected chi connectivity index (χ4v) is 4.81. The van der Waals surface area contributed by atoms with Gasteiger partial charge in [-0.05, 0) is 32.8 Å². The Kier molecular flexibility index (Phi) is 3.81. The fraction of sp³-hybridized carbons (Fsp3) is 0.667. The van der Waals surface area contributed by atoms with Crippen molar-refractivity contribution in [3.63, 3.8) is 0 Å². The molecule has 0 atom stereocenters. The van der Waals surface area contributed by atoms with E-state index in [1.807, 2.05) is 6.92 Å². The topological polar surface area (TPSA) is 76.8 Å². The van der Waals surface area contributed by atoms with Crippen LogP contribution in [-0.2, 0) is 14.6 Å². The SMILES string of the molecule is Cc1cc(C(=O)N2CCOC3(CCS(=O)(=O)CC3)C2)c(C)o1. The molecule has 0 radical (unpaired) electrons. The minimum Gasteiger partial charge on any atom is -0.466 e. The van der Waals surface area contributed by atoms with Crippen LogP contribution in [-0.4, -0.2) is 56.0 Å². The van der Waals surface area contributed by atoms with Crippen LogP contribution in [0.25, 0.3) is 0 Å². The zero-order valence-corrected chi connectivity index (χ0v) is 13.7. The van der Waals surface area contributed by atoms with Gasteiger partial charge in [-0.3, -0.25) is 4.79 Å². The van der Waals surface area contributed by atoms with Crippen molar-refractivity contribution in [3.05, 3.63) is 23.2 Å². The lowest BCUT2D eigenvalue weighted by Crippen LogP contribution is -2.56. The van der Waals surface area contributed by atoms with Gasteiger partial charge in [-0.15, -0.1) is 0 Å². The first kappa shape index (κ1) is 15.6. The summed E-state index contributed by atoms with van der Waals surface area (Å²) in [4.78, 5) is 14.4. The van der Waals surface area contributed by atoms with E-state index in [4.69, 9.17) is 9.15 Å². The molecule has 1 aromatic heterocycles. The van der Waals surface area contributed by atoms with Gasteiger partial charge in [-0.2, -0.15) is 0 Å². The van der Waals surface area contributed by atoms with E-state index in [1.54, 1.807) is 17.9 Å². The first-order valence-electron chi connectivity index (χ1n) is 7.51. The van der Waals surface area contributed by atoms with Crippen molar-refractivity contribution in [2.75, 3.05) is 31.2 Å². The minimum atomic E-state index is -2.95. The van der Waals surface area contributed by atoms with Crippen LogP contribution >= 0.6 is 0 Å². The molecule has 0 aliphatic carbocycles. The highest BCUT2D eigenvalue weighted by Gasteiger charge is 2.43. The summed E-state index contributed by atoms with van der Waals surface area (Å²) >= 11 is 0. The number of sulfone groups is 1. The molecular weight excluding hydrogens is 306 g/mol. The molecular formula is C15H21NO5S. The molecule has 3 heterocycles. The van der Waals surface area contributed by atoms with Crippen molar-refractivity contribution in [2.24, 2.45) is 0 Å². The van der Waals surface area contributed by atoms with E-state index in [9.17, 15) is 13.2 Å². The number of hydrogen-bond acceptors (Lipinski definition) is 5. The molecule has 0 aromatic carbocycles. The van der Waals surface area contributed by atoms with Crippen LogP contribution in [0.1, 0.15) is 34.7 Å². The average molecular weight is 327 g/mol. The molecule has 2 fully saturated rings. The second kappa shape index (κ2) is 5.38. The van der Waals surface area contributed by atoms with Crippen LogP contribution in [0.4, 0.5) is 0 Å². The maximum atomic E-state index is 12.7. The van der Waals surface area contributed by atoms with E-state index >= 15 is 0 Å².